The summed E-state index contributed by atoms with van der Waals surface area (Å²) in [4.78, 5) is 2.62. The average Bonchev–Trinajstić information content (AvgIpc) is 2.40. The molecule has 1 aliphatic heterocycles. The summed E-state index contributed by atoms with van der Waals surface area (Å²) in [7, 11) is 2.06. The minimum Gasteiger partial charge on any atom is -0.319 e. The van der Waals surface area contributed by atoms with Gasteiger partial charge in [-0.05, 0) is 64.9 Å². The number of rotatable bonds is 4. The van der Waals surface area contributed by atoms with Crippen LogP contribution in [0.25, 0.3) is 0 Å². The van der Waals surface area contributed by atoms with Gasteiger partial charge in [-0.25, -0.2) is 0 Å². The normalized spacial score (nSPS) is 19.9. The van der Waals surface area contributed by atoms with Gasteiger partial charge < -0.3 is 5.32 Å². The quantitative estimate of drug-likeness (QED) is 0.878. The highest BCUT2D eigenvalue weighted by atomic mass is 15.2. The fourth-order valence-electron chi connectivity index (χ4n) is 2.89. The highest BCUT2D eigenvalue weighted by Gasteiger charge is 2.22. The Balaban J connectivity index is 1.91. The summed E-state index contributed by atoms with van der Waals surface area (Å²) in [5, 5.41) is 3.30. The number of piperidine rings is 1. The molecule has 1 heterocycles. The van der Waals surface area contributed by atoms with Crippen LogP contribution in [0, 0.1) is 12.8 Å². The summed E-state index contributed by atoms with van der Waals surface area (Å²) >= 11 is 0. The second-order valence-electron chi connectivity index (χ2n) is 5.62. The van der Waals surface area contributed by atoms with Gasteiger partial charge in [0.25, 0.3) is 0 Å². The summed E-state index contributed by atoms with van der Waals surface area (Å²) < 4.78 is 0. The third-order valence-corrected chi connectivity index (χ3v) is 4.25. The van der Waals surface area contributed by atoms with Crippen molar-refractivity contribution < 1.29 is 0 Å². The molecule has 0 bridgehead atoms. The van der Waals surface area contributed by atoms with Gasteiger partial charge in [0, 0.05) is 6.04 Å². The van der Waals surface area contributed by atoms with Crippen molar-refractivity contribution in [1.82, 2.24) is 10.2 Å². The molecular formula is C16H26N2. The smallest absolute Gasteiger partial charge is 0.0319 e. The second-order valence-corrected chi connectivity index (χ2v) is 5.62. The Morgan fingerprint density at radius 1 is 1.22 bits per heavy atom. The van der Waals surface area contributed by atoms with Crippen molar-refractivity contribution in [2.24, 2.45) is 5.92 Å². The number of benzene rings is 1. The van der Waals surface area contributed by atoms with Gasteiger partial charge in [0.15, 0.2) is 0 Å². The summed E-state index contributed by atoms with van der Waals surface area (Å²) in [6, 6.07) is 9.56. The van der Waals surface area contributed by atoms with Gasteiger partial charge in [-0.1, -0.05) is 29.8 Å². The predicted octanol–water partition coefficient (Wildman–Crippen LogP) is 2.99. The highest BCUT2D eigenvalue weighted by molar-refractivity contribution is 5.23. The van der Waals surface area contributed by atoms with Crippen LogP contribution in [0.2, 0.25) is 0 Å². The SMILES string of the molecule is CNCC1CCN(C(C)c2ccc(C)cc2)CC1. The van der Waals surface area contributed by atoms with Gasteiger partial charge in [0.1, 0.15) is 0 Å². The lowest BCUT2D eigenvalue weighted by Crippen LogP contribution is -2.38. The van der Waals surface area contributed by atoms with Crippen molar-refractivity contribution in [2.75, 3.05) is 26.7 Å². The molecule has 2 nitrogen and oxygen atoms in total. The molecule has 1 aromatic carbocycles. The molecule has 1 aliphatic rings. The van der Waals surface area contributed by atoms with E-state index in [4.69, 9.17) is 0 Å². The Hall–Kier alpha value is -0.860. The van der Waals surface area contributed by atoms with Gasteiger partial charge in [-0.2, -0.15) is 0 Å². The molecule has 0 aliphatic carbocycles. The van der Waals surface area contributed by atoms with Crippen molar-refractivity contribution in [1.29, 1.82) is 0 Å². The van der Waals surface area contributed by atoms with E-state index >= 15 is 0 Å². The number of nitrogens with zero attached hydrogens (tertiary/aromatic N) is 1. The van der Waals surface area contributed by atoms with Crippen molar-refractivity contribution in [3.05, 3.63) is 35.4 Å². The van der Waals surface area contributed by atoms with Crippen LogP contribution >= 0.6 is 0 Å². The van der Waals surface area contributed by atoms with Crippen molar-refractivity contribution in [2.45, 2.75) is 32.7 Å². The molecule has 1 fully saturated rings. The summed E-state index contributed by atoms with van der Waals surface area (Å²) in [5.41, 5.74) is 2.80. The molecule has 1 atom stereocenters. The molecule has 0 spiro atoms. The van der Waals surface area contributed by atoms with Gasteiger partial charge in [0.05, 0.1) is 0 Å². The Kier molecular flexibility index (Phi) is 4.79. The predicted molar refractivity (Wildman–Crippen MR) is 77.8 cm³/mol. The Bertz CT molecular complexity index is 350. The maximum atomic E-state index is 3.30. The minimum atomic E-state index is 0.557. The number of hydrogen-bond donors (Lipinski definition) is 1. The topological polar surface area (TPSA) is 15.3 Å². The Labute approximate surface area is 111 Å². The van der Waals surface area contributed by atoms with E-state index in [-0.39, 0.29) is 0 Å². The molecule has 1 N–H and O–H groups in total. The van der Waals surface area contributed by atoms with Crippen LogP contribution < -0.4 is 5.32 Å². The van der Waals surface area contributed by atoms with Crippen LogP contribution in [0.15, 0.2) is 24.3 Å². The maximum Gasteiger partial charge on any atom is 0.0319 e. The van der Waals surface area contributed by atoms with E-state index < -0.39 is 0 Å². The highest BCUT2D eigenvalue weighted by Crippen LogP contribution is 2.26. The fraction of sp³-hybridized carbons (Fsp3) is 0.625. The largest absolute Gasteiger partial charge is 0.319 e. The lowest BCUT2D eigenvalue weighted by Gasteiger charge is -2.36. The molecule has 1 aromatic rings. The van der Waals surface area contributed by atoms with Crippen LogP contribution in [0.5, 0.6) is 0 Å². The molecule has 2 rings (SSSR count). The van der Waals surface area contributed by atoms with E-state index in [1.165, 1.54) is 43.6 Å². The third-order valence-electron chi connectivity index (χ3n) is 4.25. The van der Waals surface area contributed by atoms with Crippen LogP contribution in [0.4, 0.5) is 0 Å². The zero-order chi connectivity index (χ0) is 13.0. The van der Waals surface area contributed by atoms with Gasteiger partial charge in [-0.15, -0.1) is 0 Å². The summed E-state index contributed by atoms with van der Waals surface area (Å²) in [6.07, 6.45) is 2.66. The number of likely N-dealkylation sites (tertiary alicyclic amines) is 1. The van der Waals surface area contributed by atoms with E-state index in [0.29, 0.717) is 6.04 Å². The summed E-state index contributed by atoms with van der Waals surface area (Å²) in [6.45, 7) is 8.14. The van der Waals surface area contributed by atoms with Crippen LogP contribution in [-0.2, 0) is 0 Å². The van der Waals surface area contributed by atoms with Gasteiger partial charge in [-0.3, -0.25) is 4.90 Å². The van der Waals surface area contributed by atoms with Crippen molar-refractivity contribution in [3.8, 4) is 0 Å². The Morgan fingerprint density at radius 3 is 2.39 bits per heavy atom. The van der Waals surface area contributed by atoms with Gasteiger partial charge in [0.2, 0.25) is 0 Å². The van der Waals surface area contributed by atoms with Crippen LogP contribution in [0.1, 0.15) is 36.9 Å². The molecule has 0 amide bonds. The first kappa shape index (κ1) is 13.6. The summed E-state index contributed by atoms with van der Waals surface area (Å²) in [5.74, 6) is 0.872. The molecule has 1 saturated heterocycles. The zero-order valence-corrected chi connectivity index (χ0v) is 11.9. The average molecular weight is 246 g/mol. The molecule has 1 unspecified atom stereocenters. The maximum absolute atomic E-state index is 3.30. The lowest BCUT2D eigenvalue weighted by atomic mass is 9.94. The lowest BCUT2D eigenvalue weighted by molar-refractivity contribution is 0.141. The standard InChI is InChI=1S/C16H26N2/c1-13-4-6-16(7-5-13)14(2)18-10-8-15(9-11-18)12-17-3/h4-7,14-15,17H,8-12H2,1-3H3. The fourth-order valence-corrected chi connectivity index (χ4v) is 2.89. The molecule has 100 valence electrons. The van der Waals surface area contributed by atoms with E-state index in [2.05, 4.69) is 55.4 Å². The molecule has 2 heteroatoms. The zero-order valence-electron chi connectivity index (χ0n) is 11.9. The third kappa shape index (κ3) is 3.33. The molecule has 0 radical (unpaired) electrons. The molecular weight excluding hydrogens is 220 g/mol. The van der Waals surface area contributed by atoms with Crippen molar-refractivity contribution >= 4 is 0 Å². The molecule has 0 aromatic heterocycles. The Morgan fingerprint density at radius 2 is 1.83 bits per heavy atom. The van der Waals surface area contributed by atoms with Gasteiger partial charge >= 0.3 is 0 Å². The number of nitrogens with one attached hydrogen (secondary N) is 1. The second kappa shape index (κ2) is 6.35. The van der Waals surface area contributed by atoms with E-state index in [1.54, 1.807) is 0 Å². The monoisotopic (exact) mass is 246 g/mol. The van der Waals surface area contributed by atoms with Crippen LogP contribution in [0.3, 0.4) is 0 Å². The van der Waals surface area contributed by atoms with E-state index in [1.807, 2.05) is 0 Å². The van der Waals surface area contributed by atoms with Crippen LogP contribution in [-0.4, -0.2) is 31.6 Å². The van der Waals surface area contributed by atoms with E-state index in [0.717, 1.165) is 5.92 Å². The molecule has 0 saturated carbocycles. The minimum absolute atomic E-state index is 0.557. The van der Waals surface area contributed by atoms with E-state index in [9.17, 15) is 0 Å². The molecule has 18 heavy (non-hydrogen) atoms. The first-order valence-electron chi connectivity index (χ1n) is 7.16. The number of aryl methyl sites for hydroxylation is 1. The number of hydrogen-bond acceptors (Lipinski definition) is 2. The first-order valence-corrected chi connectivity index (χ1v) is 7.16. The first-order chi connectivity index (χ1) is 8.70. The van der Waals surface area contributed by atoms with Crippen molar-refractivity contribution in [3.63, 3.8) is 0 Å².